The first-order chi connectivity index (χ1) is 19.7. The highest BCUT2D eigenvalue weighted by molar-refractivity contribution is 6.01. The van der Waals surface area contributed by atoms with Gasteiger partial charge in [-0.3, -0.25) is 4.79 Å². The minimum Gasteiger partial charge on any atom is -0.493 e. The Morgan fingerprint density at radius 2 is 1.67 bits per heavy atom. The van der Waals surface area contributed by atoms with Crippen molar-refractivity contribution in [1.29, 1.82) is 0 Å². The zero-order valence-corrected chi connectivity index (χ0v) is 25.4. The number of rotatable bonds is 8. The number of aromatic nitrogens is 1. The van der Waals surface area contributed by atoms with E-state index < -0.39 is 41.1 Å². The number of oxazole rings is 1. The molecule has 42 heavy (non-hydrogen) atoms. The second kappa shape index (κ2) is 12.4. The van der Waals surface area contributed by atoms with Gasteiger partial charge in [-0.15, -0.1) is 0 Å². The van der Waals surface area contributed by atoms with Crippen LogP contribution in [0.1, 0.15) is 65.0 Å². The minimum atomic E-state index is -1.05. The Morgan fingerprint density at radius 3 is 2.33 bits per heavy atom. The van der Waals surface area contributed by atoms with Crippen LogP contribution in [0.5, 0.6) is 5.75 Å². The maximum absolute atomic E-state index is 13.4. The number of imide groups is 1. The van der Waals surface area contributed by atoms with E-state index in [0.29, 0.717) is 31.1 Å². The number of carbonyl (C=O) groups is 3. The third-order valence-corrected chi connectivity index (χ3v) is 6.58. The van der Waals surface area contributed by atoms with Crippen LogP contribution in [0.15, 0.2) is 59.0 Å². The van der Waals surface area contributed by atoms with Crippen LogP contribution in [0, 0.1) is 12.8 Å². The molecule has 4 rings (SSSR count). The molecule has 1 saturated heterocycles. The third kappa shape index (κ3) is 7.99. The number of benzene rings is 2. The van der Waals surface area contributed by atoms with Crippen molar-refractivity contribution in [2.24, 2.45) is 5.92 Å². The van der Waals surface area contributed by atoms with Crippen molar-refractivity contribution in [1.82, 2.24) is 9.88 Å². The molecule has 1 aliphatic heterocycles. The first-order valence-electron chi connectivity index (χ1n) is 14.2. The molecule has 2 atom stereocenters. The monoisotopic (exact) mass is 576 g/mol. The lowest BCUT2D eigenvalue weighted by Gasteiger charge is -2.28. The van der Waals surface area contributed by atoms with Crippen molar-refractivity contribution >= 4 is 18.0 Å². The molecule has 2 amide bonds. The Bertz CT molecular complexity index is 1420. The van der Waals surface area contributed by atoms with Gasteiger partial charge in [0.2, 0.25) is 11.8 Å². The molecule has 0 saturated carbocycles. The molecule has 9 nitrogen and oxygen atoms in total. The Hall–Kier alpha value is -4.14. The highest BCUT2D eigenvalue weighted by atomic mass is 16.6. The fourth-order valence-electron chi connectivity index (χ4n) is 4.77. The summed E-state index contributed by atoms with van der Waals surface area (Å²) < 4.78 is 22.9. The van der Waals surface area contributed by atoms with Gasteiger partial charge in [0.15, 0.2) is 0 Å². The fraction of sp³-hybridized carbons (Fsp3) is 0.455. The van der Waals surface area contributed by atoms with E-state index >= 15 is 0 Å². The first kappa shape index (κ1) is 30.8. The molecule has 2 aromatic carbocycles. The second-order valence-corrected chi connectivity index (χ2v) is 12.5. The predicted octanol–water partition coefficient (Wildman–Crippen LogP) is 6.31. The van der Waals surface area contributed by atoms with Crippen LogP contribution < -0.4 is 4.74 Å². The van der Waals surface area contributed by atoms with E-state index in [4.69, 9.17) is 18.6 Å². The smallest absolute Gasteiger partial charge is 0.417 e. The summed E-state index contributed by atoms with van der Waals surface area (Å²) in [6.07, 6.45) is 0.196. The molecule has 3 aromatic rings. The molecule has 0 aliphatic carbocycles. The van der Waals surface area contributed by atoms with Gasteiger partial charge in [-0.2, -0.15) is 0 Å². The maximum atomic E-state index is 13.4. The molecule has 2 heterocycles. The van der Waals surface area contributed by atoms with E-state index in [9.17, 15) is 14.4 Å². The lowest BCUT2D eigenvalue weighted by Crippen LogP contribution is -2.47. The first-order valence-corrected chi connectivity index (χ1v) is 14.2. The Morgan fingerprint density at radius 1 is 0.976 bits per heavy atom. The highest BCUT2D eigenvalue weighted by Crippen LogP contribution is 2.32. The van der Waals surface area contributed by atoms with Crippen molar-refractivity contribution in [3.05, 3.63) is 71.6 Å². The largest absolute Gasteiger partial charge is 0.493 e. The number of nitrogens with zero attached hydrogens (tertiary/aromatic N) is 2. The number of ether oxygens (including phenoxy) is 3. The fourth-order valence-corrected chi connectivity index (χ4v) is 4.77. The summed E-state index contributed by atoms with van der Waals surface area (Å²) in [5, 5.41) is 0. The zero-order valence-electron chi connectivity index (χ0n) is 25.4. The molecule has 0 spiro atoms. The predicted molar refractivity (Wildman–Crippen MR) is 157 cm³/mol. The molecule has 9 heteroatoms. The Kier molecular flexibility index (Phi) is 9.09. The molecule has 0 N–H and O–H groups in total. The summed E-state index contributed by atoms with van der Waals surface area (Å²) in [7, 11) is 0. The molecular formula is C33H40N2O7. The van der Waals surface area contributed by atoms with Gasteiger partial charge in [-0.25, -0.2) is 19.5 Å². The molecule has 0 unspecified atom stereocenters. The molecule has 1 fully saturated rings. The van der Waals surface area contributed by atoms with Crippen LogP contribution >= 0.6 is 0 Å². The number of hydrogen-bond acceptors (Lipinski definition) is 8. The molecule has 1 aliphatic rings. The molecule has 1 aromatic heterocycles. The van der Waals surface area contributed by atoms with Gasteiger partial charge < -0.3 is 18.6 Å². The number of likely N-dealkylation sites (tertiary alicyclic amines) is 1. The van der Waals surface area contributed by atoms with Crippen LogP contribution in [0.2, 0.25) is 0 Å². The van der Waals surface area contributed by atoms with Crippen LogP contribution in [0.4, 0.5) is 4.79 Å². The van der Waals surface area contributed by atoms with Crippen molar-refractivity contribution in [3.63, 3.8) is 0 Å². The van der Waals surface area contributed by atoms with Gasteiger partial charge in [-0.1, -0.05) is 30.3 Å². The molecule has 224 valence electrons. The average Bonchev–Trinajstić information content (AvgIpc) is 3.42. The van der Waals surface area contributed by atoms with Crippen LogP contribution in [0.3, 0.4) is 0 Å². The van der Waals surface area contributed by atoms with Gasteiger partial charge >= 0.3 is 12.1 Å². The number of amides is 2. The Balaban J connectivity index is 1.41. The lowest BCUT2D eigenvalue weighted by atomic mass is 9.96. The van der Waals surface area contributed by atoms with E-state index in [1.807, 2.05) is 61.5 Å². The summed E-state index contributed by atoms with van der Waals surface area (Å²) in [6, 6.07) is 16.2. The summed E-state index contributed by atoms with van der Waals surface area (Å²) in [6.45, 7) is 12.6. The van der Waals surface area contributed by atoms with E-state index in [1.54, 1.807) is 41.5 Å². The summed E-state index contributed by atoms with van der Waals surface area (Å²) in [4.78, 5) is 45.0. The van der Waals surface area contributed by atoms with Gasteiger partial charge in [-0.05, 0) is 91.1 Å². The van der Waals surface area contributed by atoms with E-state index in [0.717, 1.165) is 27.5 Å². The molecule has 0 radical (unpaired) electrons. The maximum Gasteiger partial charge on any atom is 0.417 e. The average molecular weight is 577 g/mol. The standard InChI is InChI=1S/C33H40N2O7/c1-21-26(34-28(40-21)23-13-9-8-10-14-23)16-17-39-25-15-11-12-22(19-25)18-24-20-27(30(37)41-32(2,3)4)35(29(24)36)31(38)42-33(5,6)7/h8-15,19,24,27H,16-18,20H2,1-7H3/t24-,27-/m0/s1. The van der Waals surface area contributed by atoms with Gasteiger partial charge in [0.1, 0.15) is 28.8 Å². The lowest BCUT2D eigenvalue weighted by molar-refractivity contribution is -0.161. The second-order valence-electron chi connectivity index (χ2n) is 12.5. The van der Waals surface area contributed by atoms with E-state index in [-0.39, 0.29) is 6.42 Å². The van der Waals surface area contributed by atoms with E-state index in [2.05, 4.69) is 4.98 Å². The van der Waals surface area contributed by atoms with Crippen LogP contribution in [-0.4, -0.2) is 51.7 Å². The summed E-state index contributed by atoms with van der Waals surface area (Å²) >= 11 is 0. The summed E-state index contributed by atoms with van der Waals surface area (Å²) in [5.41, 5.74) is 1.01. The quantitative estimate of drug-likeness (QED) is 0.287. The number of esters is 1. The van der Waals surface area contributed by atoms with Crippen molar-refractivity contribution in [3.8, 4) is 17.2 Å². The highest BCUT2D eigenvalue weighted by Gasteiger charge is 2.49. The summed E-state index contributed by atoms with van der Waals surface area (Å²) in [5.74, 6) is 0.299. The van der Waals surface area contributed by atoms with Crippen molar-refractivity contribution in [2.45, 2.75) is 85.0 Å². The Labute approximate surface area is 247 Å². The topological polar surface area (TPSA) is 108 Å². The van der Waals surface area contributed by atoms with Crippen molar-refractivity contribution in [2.75, 3.05) is 6.61 Å². The zero-order chi connectivity index (χ0) is 30.7. The normalized spacial score (nSPS) is 17.3. The van der Waals surface area contributed by atoms with Crippen LogP contribution in [-0.2, 0) is 31.9 Å². The molecular weight excluding hydrogens is 536 g/mol. The van der Waals surface area contributed by atoms with E-state index in [1.165, 1.54) is 0 Å². The molecule has 0 bridgehead atoms. The van der Waals surface area contributed by atoms with Gasteiger partial charge in [0.25, 0.3) is 0 Å². The van der Waals surface area contributed by atoms with Crippen LogP contribution in [0.25, 0.3) is 11.5 Å². The number of carbonyl (C=O) groups excluding carboxylic acids is 3. The third-order valence-electron chi connectivity index (χ3n) is 6.58. The minimum absolute atomic E-state index is 0.146. The number of aryl methyl sites for hydroxylation is 1. The number of hydrogen-bond donors (Lipinski definition) is 0. The van der Waals surface area contributed by atoms with Crippen molar-refractivity contribution < 1.29 is 33.0 Å². The van der Waals surface area contributed by atoms with Gasteiger partial charge in [0.05, 0.1) is 12.3 Å². The van der Waals surface area contributed by atoms with Gasteiger partial charge in [0, 0.05) is 17.9 Å². The SMILES string of the molecule is Cc1oc(-c2ccccc2)nc1CCOc1cccc(C[C@H]2C[C@@H](C(=O)OC(C)(C)C)N(C(=O)OC(C)(C)C)C2=O)c1.